The Morgan fingerprint density at radius 3 is 2.90 bits per heavy atom. The molecule has 3 heterocycles. The van der Waals surface area contributed by atoms with Crippen molar-refractivity contribution in [1.82, 2.24) is 25.5 Å². The van der Waals surface area contributed by atoms with E-state index in [1.807, 2.05) is 7.05 Å². The second-order valence-electron chi connectivity index (χ2n) is 4.69. The fraction of sp³-hybridized carbons (Fsp3) is 0.500. The average molecular weight is 275 g/mol. The van der Waals surface area contributed by atoms with Gasteiger partial charge in [-0.3, -0.25) is 0 Å². The van der Waals surface area contributed by atoms with E-state index < -0.39 is 0 Å². The van der Waals surface area contributed by atoms with Crippen molar-refractivity contribution in [3.63, 3.8) is 0 Å². The highest BCUT2D eigenvalue weighted by Gasteiger charge is 2.19. The van der Waals surface area contributed by atoms with Gasteiger partial charge < -0.3 is 20.4 Å². The van der Waals surface area contributed by atoms with Gasteiger partial charge in [0.2, 0.25) is 5.89 Å². The molecular weight excluding hydrogens is 258 g/mol. The number of hydrogen-bond acceptors (Lipinski definition) is 8. The molecule has 20 heavy (non-hydrogen) atoms. The molecule has 1 aliphatic heterocycles. The van der Waals surface area contributed by atoms with E-state index in [1.54, 1.807) is 6.20 Å². The molecular formula is C12H17N7O. The Balaban J connectivity index is 1.92. The molecule has 0 aliphatic carbocycles. The SMILES string of the molecule is CNCc1nnc(-c2nc(N3CCCC3)cnc2N)o1. The molecule has 1 fully saturated rings. The molecule has 0 radical (unpaired) electrons. The summed E-state index contributed by atoms with van der Waals surface area (Å²) in [6.45, 7) is 2.49. The molecule has 106 valence electrons. The van der Waals surface area contributed by atoms with E-state index in [9.17, 15) is 0 Å². The lowest BCUT2D eigenvalue weighted by molar-refractivity contribution is 0.489. The summed E-state index contributed by atoms with van der Waals surface area (Å²) >= 11 is 0. The van der Waals surface area contributed by atoms with Gasteiger partial charge in [0.25, 0.3) is 5.89 Å². The van der Waals surface area contributed by atoms with Crippen LogP contribution in [0.1, 0.15) is 18.7 Å². The monoisotopic (exact) mass is 275 g/mol. The topological polar surface area (TPSA) is 106 Å². The second kappa shape index (κ2) is 5.41. The minimum absolute atomic E-state index is 0.299. The van der Waals surface area contributed by atoms with Crippen molar-refractivity contribution in [3.8, 4) is 11.6 Å². The predicted octanol–water partition coefficient (Wildman–Crippen LogP) is 0.428. The summed E-state index contributed by atoms with van der Waals surface area (Å²) in [7, 11) is 1.81. The van der Waals surface area contributed by atoms with Gasteiger partial charge in [-0.1, -0.05) is 0 Å². The standard InChI is InChI=1S/C12H17N7O/c1-14-7-9-17-18-12(20-9)10-11(13)15-6-8(16-10)19-4-2-3-5-19/h6,14H,2-5,7H2,1H3,(H2,13,15). The Hall–Kier alpha value is -2.22. The Morgan fingerprint density at radius 2 is 2.15 bits per heavy atom. The van der Waals surface area contributed by atoms with Crippen LogP contribution < -0.4 is 16.0 Å². The second-order valence-corrected chi connectivity index (χ2v) is 4.69. The molecule has 8 nitrogen and oxygen atoms in total. The Kier molecular flexibility index (Phi) is 3.46. The van der Waals surface area contributed by atoms with Crippen LogP contribution in [0, 0.1) is 0 Å². The summed E-state index contributed by atoms with van der Waals surface area (Å²) in [4.78, 5) is 10.9. The van der Waals surface area contributed by atoms with E-state index >= 15 is 0 Å². The van der Waals surface area contributed by atoms with Crippen LogP contribution in [-0.4, -0.2) is 40.3 Å². The zero-order valence-electron chi connectivity index (χ0n) is 11.3. The number of nitrogens with one attached hydrogen (secondary N) is 1. The van der Waals surface area contributed by atoms with Crippen LogP contribution in [0.2, 0.25) is 0 Å². The molecule has 8 heteroatoms. The van der Waals surface area contributed by atoms with Gasteiger partial charge in [0.15, 0.2) is 11.5 Å². The number of aromatic nitrogens is 4. The van der Waals surface area contributed by atoms with Crippen molar-refractivity contribution in [2.75, 3.05) is 30.8 Å². The van der Waals surface area contributed by atoms with Gasteiger partial charge in [-0.05, 0) is 19.9 Å². The van der Waals surface area contributed by atoms with Gasteiger partial charge in [0.05, 0.1) is 12.7 Å². The van der Waals surface area contributed by atoms with Crippen LogP contribution in [0.25, 0.3) is 11.6 Å². The van der Waals surface area contributed by atoms with Crippen molar-refractivity contribution >= 4 is 11.6 Å². The van der Waals surface area contributed by atoms with Gasteiger partial charge in [-0.25, -0.2) is 9.97 Å². The van der Waals surface area contributed by atoms with Crippen molar-refractivity contribution in [2.45, 2.75) is 19.4 Å². The highest BCUT2D eigenvalue weighted by atomic mass is 16.4. The third-order valence-corrected chi connectivity index (χ3v) is 3.22. The van der Waals surface area contributed by atoms with E-state index in [-0.39, 0.29) is 0 Å². The first-order chi connectivity index (χ1) is 9.78. The zero-order chi connectivity index (χ0) is 13.9. The maximum Gasteiger partial charge on any atom is 0.270 e. The molecule has 1 saturated heterocycles. The van der Waals surface area contributed by atoms with Gasteiger partial charge in [-0.2, -0.15) is 0 Å². The van der Waals surface area contributed by atoms with Crippen LogP contribution in [0.4, 0.5) is 11.6 Å². The molecule has 3 N–H and O–H groups in total. The van der Waals surface area contributed by atoms with Gasteiger partial charge in [0, 0.05) is 13.1 Å². The number of anilines is 2. The lowest BCUT2D eigenvalue weighted by Crippen LogP contribution is -2.19. The van der Waals surface area contributed by atoms with Crippen LogP contribution in [0.15, 0.2) is 10.6 Å². The summed E-state index contributed by atoms with van der Waals surface area (Å²) < 4.78 is 5.52. The van der Waals surface area contributed by atoms with Crippen LogP contribution in [-0.2, 0) is 6.54 Å². The fourth-order valence-corrected chi connectivity index (χ4v) is 2.22. The van der Waals surface area contributed by atoms with E-state index in [0.717, 1.165) is 18.9 Å². The maximum absolute atomic E-state index is 5.87. The normalized spacial score (nSPS) is 14.9. The number of nitrogens with two attached hydrogens (primary N) is 1. The molecule has 0 amide bonds. The molecule has 2 aromatic heterocycles. The molecule has 0 spiro atoms. The summed E-state index contributed by atoms with van der Waals surface area (Å²) in [6.07, 6.45) is 4.04. The number of nitrogens with zero attached hydrogens (tertiary/aromatic N) is 5. The summed E-state index contributed by atoms with van der Waals surface area (Å²) in [5.74, 6) is 1.91. The first-order valence-corrected chi connectivity index (χ1v) is 6.63. The highest BCUT2D eigenvalue weighted by Crippen LogP contribution is 2.25. The van der Waals surface area contributed by atoms with Crippen molar-refractivity contribution < 1.29 is 4.42 Å². The van der Waals surface area contributed by atoms with E-state index in [2.05, 4.69) is 30.4 Å². The lowest BCUT2D eigenvalue weighted by atomic mass is 10.4. The van der Waals surface area contributed by atoms with Gasteiger partial charge >= 0.3 is 0 Å². The van der Waals surface area contributed by atoms with Gasteiger partial charge in [-0.15, -0.1) is 10.2 Å². The third-order valence-electron chi connectivity index (χ3n) is 3.22. The number of hydrogen-bond donors (Lipinski definition) is 2. The van der Waals surface area contributed by atoms with Crippen molar-refractivity contribution in [1.29, 1.82) is 0 Å². The molecule has 1 aliphatic rings. The average Bonchev–Trinajstić information content (AvgIpc) is 3.11. The van der Waals surface area contributed by atoms with Crippen molar-refractivity contribution in [3.05, 3.63) is 12.1 Å². The van der Waals surface area contributed by atoms with Crippen LogP contribution in [0.3, 0.4) is 0 Å². The molecule has 3 rings (SSSR count). The van der Waals surface area contributed by atoms with E-state index in [1.165, 1.54) is 12.8 Å². The highest BCUT2D eigenvalue weighted by molar-refractivity contribution is 5.64. The molecule has 0 unspecified atom stereocenters. The van der Waals surface area contributed by atoms with Crippen molar-refractivity contribution in [2.24, 2.45) is 0 Å². The molecule has 2 aromatic rings. The number of nitrogen functional groups attached to an aromatic ring is 1. The smallest absolute Gasteiger partial charge is 0.270 e. The van der Waals surface area contributed by atoms with Gasteiger partial charge in [0.1, 0.15) is 5.82 Å². The first kappa shape index (κ1) is 12.8. The fourth-order valence-electron chi connectivity index (χ4n) is 2.22. The molecule has 0 saturated carbocycles. The predicted molar refractivity (Wildman–Crippen MR) is 73.9 cm³/mol. The van der Waals surface area contributed by atoms with E-state index in [4.69, 9.17) is 10.2 Å². The van der Waals surface area contributed by atoms with Crippen LogP contribution in [0.5, 0.6) is 0 Å². The number of rotatable bonds is 4. The Labute approximate surface area is 116 Å². The first-order valence-electron chi connectivity index (χ1n) is 6.63. The van der Waals surface area contributed by atoms with Crippen LogP contribution >= 0.6 is 0 Å². The quantitative estimate of drug-likeness (QED) is 0.827. The zero-order valence-corrected chi connectivity index (χ0v) is 11.3. The molecule has 0 aromatic carbocycles. The largest absolute Gasteiger partial charge is 0.418 e. The lowest BCUT2D eigenvalue weighted by Gasteiger charge is -2.16. The summed E-state index contributed by atoms with van der Waals surface area (Å²) in [5.41, 5.74) is 6.32. The maximum atomic E-state index is 5.87. The molecule has 0 atom stereocenters. The Morgan fingerprint density at radius 1 is 1.35 bits per heavy atom. The Bertz CT molecular complexity index is 591. The minimum Gasteiger partial charge on any atom is -0.418 e. The summed E-state index contributed by atoms with van der Waals surface area (Å²) in [6, 6.07) is 0. The molecule has 0 bridgehead atoms. The minimum atomic E-state index is 0.299. The summed E-state index contributed by atoms with van der Waals surface area (Å²) in [5, 5.41) is 10.9. The third kappa shape index (κ3) is 2.42. The van der Waals surface area contributed by atoms with E-state index in [0.29, 0.717) is 29.8 Å².